The number of alkyl halides is 3. The van der Waals surface area contributed by atoms with Crippen LogP contribution in [-0.4, -0.2) is 24.7 Å². The summed E-state index contributed by atoms with van der Waals surface area (Å²) in [5, 5.41) is 3.95. The largest absolute Gasteiger partial charge is 0.433 e. The number of benzene rings is 1. The van der Waals surface area contributed by atoms with E-state index in [1.54, 1.807) is 42.7 Å². The number of fused-ring (bicyclic) bond motifs is 1. The van der Waals surface area contributed by atoms with E-state index in [0.29, 0.717) is 11.4 Å². The molecule has 0 amide bonds. The van der Waals surface area contributed by atoms with Crippen molar-refractivity contribution in [3.63, 3.8) is 0 Å². The van der Waals surface area contributed by atoms with Crippen LogP contribution in [0, 0.1) is 0 Å². The zero-order valence-electron chi connectivity index (χ0n) is 13.4. The van der Waals surface area contributed by atoms with Crippen molar-refractivity contribution < 1.29 is 13.2 Å². The maximum absolute atomic E-state index is 12.9. The van der Waals surface area contributed by atoms with Crippen LogP contribution in [0.3, 0.4) is 0 Å². The maximum Gasteiger partial charge on any atom is 0.433 e. The predicted octanol–water partition coefficient (Wildman–Crippen LogP) is 4.47. The Labute approximate surface area is 152 Å². The summed E-state index contributed by atoms with van der Waals surface area (Å²) in [7, 11) is 1.28. The van der Waals surface area contributed by atoms with Gasteiger partial charge in [-0.15, -0.1) is 12.4 Å². The van der Waals surface area contributed by atoms with Crippen molar-refractivity contribution >= 4 is 23.4 Å². The van der Waals surface area contributed by atoms with Gasteiger partial charge in [0, 0.05) is 24.4 Å². The molecule has 0 aliphatic carbocycles. The molecule has 0 bridgehead atoms. The number of pyridine rings is 1. The van der Waals surface area contributed by atoms with Gasteiger partial charge in [-0.2, -0.15) is 18.3 Å². The van der Waals surface area contributed by atoms with Gasteiger partial charge in [0.1, 0.15) is 11.5 Å². The van der Waals surface area contributed by atoms with Gasteiger partial charge in [0.05, 0.1) is 22.9 Å². The van der Waals surface area contributed by atoms with E-state index < -0.39 is 11.9 Å². The third kappa shape index (κ3) is 3.15. The van der Waals surface area contributed by atoms with Gasteiger partial charge in [0.15, 0.2) is 0 Å². The first kappa shape index (κ1) is 17.9. The highest BCUT2D eigenvalue weighted by Crippen LogP contribution is 2.32. The molecule has 3 heterocycles. The Balaban J connectivity index is 0.00000196. The molecule has 0 fully saturated rings. The average molecular weight is 380 g/mol. The smallest absolute Gasteiger partial charge is 0.337 e. The second-order valence-electron chi connectivity index (χ2n) is 5.59. The summed E-state index contributed by atoms with van der Waals surface area (Å²) in [6.45, 7) is 0. The Kier molecular flexibility index (Phi) is 4.45. The Morgan fingerprint density at radius 1 is 1.04 bits per heavy atom. The fourth-order valence-electron chi connectivity index (χ4n) is 2.67. The van der Waals surface area contributed by atoms with Gasteiger partial charge in [-0.05, 0) is 12.1 Å². The molecule has 5 nitrogen and oxygen atoms in total. The summed E-state index contributed by atoms with van der Waals surface area (Å²) in [6, 6.07) is 9.88. The highest BCUT2D eigenvalue weighted by atomic mass is 35.5. The number of rotatable bonds is 2. The predicted molar refractivity (Wildman–Crippen MR) is 93.8 cm³/mol. The molecule has 134 valence electrons. The van der Waals surface area contributed by atoms with Crippen LogP contribution >= 0.6 is 12.4 Å². The number of aryl methyl sites for hydroxylation is 1. The number of aromatic amines is 1. The van der Waals surface area contributed by atoms with Crippen LogP contribution in [-0.2, 0) is 13.2 Å². The molecule has 1 N–H and O–H groups in total. The topological polar surface area (TPSA) is 59.4 Å². The molecule has 26 heavy (non-hydrogen) atoms. The average Bonchev–Trinajstić information content (AvgIpc) is 3.18. The van der Waals surface area contributed by atoms with E-state index >= 15 is 0 Å². The lowest BCUT2D eigenvalue weighted by molar-refractivity contribution is -0.143. The third-order valence-electron chi connectivity index (χ3n) is 3.91. The van der Waals surface area contributed by atoms with Gasteiger partial charge < -0.3 is 4.98 Å². The van der Waals surface area contributed by atoms with Gasteiger partial charge in [-0.3, -0.25) is 9.67 Å². The maximum atomic E-state index is 12.9. The summed E-state index contributed by atoms with van der Waals surface area (Å²) in [4.78, 5) is 11.7. The van der Waals surface area contributed by atoms with Crippen LogP contribution in [0.5, 0.6) is 0 Å². The molecule has 0 atom stereocenters. The van der Waals surface area contributed by atoms with Crippen molar-refractivity contribution in [2.45, 2.75) is 6.18 Å². The van der Waals surface area contributed by atoms with Crippen LogP contribution in [0.2, 0.25) is 0 Å². The van der Waals surface area contributed by atoms with Crippen molar-refractivity contribution in [3.05, 3.63) is 54.5 Å². The van der Waals surface area contributed by atoms with Crippen LogP contribution in [0.25, 0.3) is 33.7 Å². The van der Waals surface area contributed by atoms with Gasteiger partial charge >= 0.3 is 6.18 Å². The van der Waals surface area contributed by atoms with Gasteiger partial charge in [0.25, 0.3) is 0 Å². The number of imidazole rings is 1. The molecule has 4 aromatic rings. The van der Waals surface area contributed by atoms with Crippen molar-refractivity contribution in [3.8, 4) is 22.6 Å². The number of H-pyrrole nitrogens is 1. The fourth-order valence-corrected chi connectivity index (χ4v) is 2.67. The van der Waals surface area contributed by atoms with E-state index in [-0.39, 0.29) is 18.1 Å². The molecule has 0 radical (unpaired) electrons. The van der Waals surface area contributed by atoms with E-state index in [0.717, 1.165) is 27.3 Å². The Morgan fingerprint density at radius 2 is 1.73 bits per heavy atom. The van der Waals surface area contributed by atoms with E-state index in [4.69, 9.17) is 0 Å². The van der Waals surface area contributed by atoms with Crippen LogP contribution in [0.15, 0.2) is 48.8 Å². The van der Waals surface area contributed by atoms with Crippen molar-refractivity contribution in [1.29, 1.82) is 0 Å². The quantitative estimate of drug-likeness (QED) is 0.559. The van der Waals surface area contributed by atoms with Crippen molar-refractivity contribution in [2.75, 3.05) is 0 Å². The number of aromatic nitrogens is 5. The fraction of sp³-hybridized carbons (Fsp3) is 0.118. The second-order valence-corrected chi connectivity index (χ2v) is 5.59. The SMILES string of the molecule is Cl.Cn1nc(-c2ccc(-c3nc4ccncc4[nH]3)cc2)cc1C(F)(F)F. The molecule has 0 unspecified atom stereocenters. The van der Waals surface area contributed by atoms with E-state index in [9.17, 15) is 13.2 Å². The minimum atomic E-state index is -4.43. The first-order valence-corrected chi connectivity index (χ1v) is 7.43. The molecule has 0 saturated heterocycles. The van der Waals surface area contributed by atoms with Crippen LogP contribution in [0.1, 0.15) is 5.69 Å². The lowest BCUT2D eigenvalue weighted by Crippen LogP contribution is -2.11. The molecule has 9 heteroatoms. The molecule has 3 aromatic heterocycles. The zero-order valence-corrected chi connectivity index (χ0v) is 14.3. The number of hydrogen-bond acceptors (Lipinski definition) is 3. The summed E-state index contributed by atoms with van der Waals surface area (Å²) in [5.41, 5.74) is 2.54. The number of halogens is 4. The second kappa shape index (κ2) is 6.45. The lowest BCUT2D eigenvalue weighted by Gasteiger charge is -2.04. The molecule has 0 saturated carbocycles. The Bertz CT molecular complexity index is 1020. The Morgan fingerprint density at radius 3 is 2.35 bits per heavy atom. The number of hydrogen-bond donors (Lipinski definition) is 1. The summed E-state index contributed by atoms with van der Waals surface area (Å²) in [5.74, 6) is 0.673. The van der Waals surface area contributed by atoms with Gasteiger partial charge in [-0.25, -0.2) is 4.98 Å². The molecule has 1 aromatic carbocycles. The minimum absolute atomic E-state index is 0. The third-order valence-corrected chi connectivity index (χ3v) is 3.91. The normalized spacial score (nSPS) is 11.5. The van der Waals surface area contributed by atoms with Crippen LogP contribution in [0.4, 0.5) is 13.2 Å². The Hall–Kier alpha value is -2.87. The van der Waals surface area contributed by atoms with Crippen molar-refractivity contribution in [2.24, 2.45) is 7.05 Å². The highest BCUT2D eigenvalue weighted by Gasteiger charge is 2.35. The molecule has 0 aliphatic heterocycles. The summed E-state index contributed by atoms with van der Waals surface area (Å²) in [6.07, 6.45) is -1.08. The lowest BCUT2D eigenvalue weighted by atomic mass is 10.1. The van der Waals surface area contributed by atoms with Gasteiger partial charge in [-0.1, -0.05) is 24.3 Å². The van der Waals surface area contributed by atoms with Crippen LogP contribution < -0.4 is 0 Å². The van der Waals surface area contributed by atoms with Crippen molar-refractivity contribution in [1.82, 2.24) is 24.7 Å². The van der Waals surface area contributed by atoms with E-state index in [2.05, 4.69) is 20.1 Å². The molecule has 0 spiro atoms. The summed E-state index contributed by atoms with van der Waals surface area (Å²) < 4.78 is 39.5. The first-order valence-electron chi connectivity index (χ1n) is 7.43. The monoisotopic (exact) mass is 379 g/mol. The number of nitrogens with one attached hydrogen (secondary N) is 1. The molecular formula is C17H13ClF3N5. The standard InChI is InChI=1S/C17H12F3N5.ClH/c1-25-15(17(18,19)20)8-13(24-25)10-2-4-11(5-3-10)16-22-12-6-7-21-9-14(12)23-16;/h2-9H,1H3,(H,22,23);1H. The summed E-state index contributed by atoms with van der Waals surface area (Å²) >= 11 is 0. The first-order chi connectivity index (χ1) is 11.9. The molecular weight excluding hydrogens is 367 g/mol. The number of nitrogens with zero attached hydrogens (tertiary/aromatic N) is 4. The minimum Gasteiger partial charge on any atom is -0.337 e. The molecule has 4 rings (SSSR count). The van der Waals surface area contributed by atoms with E-state index in [1.807, 2.05) is 0 Å². The zero-order chi connectivity index (χ0) is 17.6. The van der Waals surface area contributed by atoms with Gasteiger partial charge in [0.2, 0.25) is 0 Å². The molecule has 0 aliphatic rings. The van der Waals surface area contributed by atoms with E-state index in [1.165, 1.54) is 7.05 Å². The highest BCUT2D eigenvalue weighted by molar-refractivity contribution is 5.85.